The fraction of sp³-hybridized carbons (Fsp3) is 0.0149. The molecular weight excluding hydrogens is 851 g/mol. The van der Waals surface area contributed by atoms with E-state index in [-0.39, 0.29) is 0 Å². The number of hydrogen-bond acceptors (Lipinski definition) is 3. The predicted molar refractivity (Wildman–Crippen MR) is 289 cm³/mol. The molecule has 0 radical (unpaired) electrons. The molecule has 13 aromatic rings. The summed E-state index contributed by atoms with van der Waals surface area (Å²) in [6.07, 6.45) is 0. The third-order valence-corrected chi connectivity index (χ3v) is 14.6. The van der Waals surface area contributed by atoms with Crippen LogP contribution in [0, 0.1) is 0 Å². The second-order valence-electron chi connectivity index (χ2n) is 18.3. The first-order valence-electron chi connectivity index (χ1n) is 24.0. The summed E-state index contributed by atoms with van der Waals surface area (Å²) in [6, 6.07) is 94.3. The zero-order valence-electron chi connectivity index (χ0n) is 38.1. The number of benzene rings is 11. The Kier molecular flexibility index (Phi) is 9.11. The van der Waals surface area contributed by atoms with Crippen LogP contribution in [0.1, 0.15) is 22.3 Å². The fourth-order valence-electron chi connectivity index (χ4n) is 11.5. The topological polar surface area (TPSA) is 29.5 Å². The minimum atomic E-state index is -0.541. The molecule has 1 aliphatic carbocycles. The van der Waals surface area contributed by atoms with Crippen molar-refractivity contribution in [1.29, 1.82) is 0 Å². The van der Waals surface area contributed by atoms with Gasteiger partial charge in [-0.05, 0) is 92.5 Å². The van der Waals surface area contributed by atoms with Gasteiger partial charge in [0.15, 0.2) is 0 Å². The number of anilines is 3. The lowest BCUT2D eigenvalue weighted by molar-refractivity contribution is 0.669. The minimum absolute atomic E-state index is 0.541. The van der Waals surface area contributed by atoms with E-state index >= 15 is 0 Å². The summed E-state index contributed by atoms with van der Waals surface area (Å²) in [4.78, 5) is 2.45. The zero-order valence-corrected chi connectivity index (χ0v) is 38.1. The zero-order chi connectivity index (χ0) is 46.2. The Morgan fingerprint density at radius 2 is 0.771 bits per heavy atom. The molecule has 0 bridgehead atoms. The van der Waals surface area contributed by atoms with Crippen molar-refractivity contribution >= 4 is 60.9 Å². The first-order valence-corrected chi connectivity index (χ1v) is 24.0. The maximum absolute atomic E-state index is 6.61. The molecule has 70 heavy (non-hydrogen) atoms. The lowest BCUT2D eigenvalue weighted by Gasteiger charge is -2.34. The average molecular weight is 894 g/mol. The second kappa shape index (κ2) is 16.0. The van der Waals surface area contributed by atoms with Gasteiger partial charge in [-0.2, -0.15) is 0 Å². The van der Waals surface area contributed by atoms with Crippen molar-refractivity contribution in [1.82, 2.24) is 0 Å². The molecule has 0 fully saturated rings. The van der Waals surface area contributed by atoms with E-state index in [4.69, 9.17) is 8.83 Å². The first kappa shape index (κ1) is 39.9. The normalized spacial score (nSPS) is 12.7. The molecule has 0 atom stereocenters. The summed E-state index contributed by atoms with van der Waals surface area (Å²) in [5.41, 5.74) is 20.3. The van der Waals surface area contributed by atoms with E-state index in [1.54, 1.807) is 0 Å². The molecule has 0 saturated carbocycles. The largest absolute Gasteiger partial charge is 0.455 e. The average Bonchev–Trinajstić information content (AvgIpc) is 4.11. The van der Waals surface area contributed by atoms with Crippen molar-refractivity contribution < 1.29 is 8.83 Å². The smallest absolute Gasteiger partial charge is 0.143 e. The van der Waals surface area contributed by atoms with E-state index in [1.165, 1.54) is 33.4 Å². The molecule has 328 valence electrons. The van der Waals surface area contributed by atoms with Gasteiger partial charge in [-0.1, -0.05) is 218 Å². The van der Waals surface area contributed by atoms with Crippen molar-refractivity contribution in [2.75, 3.05) is 4.90 Å². The molecule has 3 heteroatoms. The highest BCUT2D eigenvalue weighted by Gasteiger charge is 2.47. The molecule has 11 aromatic carbocycles. The van der Waals surface area contributed by atoms with Crippen molar-refractivity contribution in [3.05, 3.63) is 283 Å². The van der Waals surface area contributed by atoms with Crippen LogP contribution in [0.4, 0.5) is 17.1 Å². The summed E-state index contributed by atoms with van der Waals surface area (Å²) in [5, 5.41) is 4.50. The molecule has 3 nitrogen and oxygen atoms in total. The summed E-state index contributed by atoms with van der Waals surface area (Å²) >= 11 is 0. The Balaban J connectivity index is 0.935. The van der Waals surface area contributed by atoms with Crippen molar-refractivity contribution in [3.63, 3.8) is 0 Å². The van der Waals surface area contributed by atoms with Crippen molar-refractivity contribution in [2.45, 2.75) is 5.41 Å². The molecule has 0 aliphatic heterocycles. The van der Waals surface area contributed by atoms with E-state index in [0.717, 1.165) is 94.3 Å². The van der Waals surface area contributed by atoms with Crippen LogP contribution in [0.3, 0.4) is 0 Å². The van der Waals surface area contributed by atoms with E-state index in [1.807, 2.05) is 18.2 Å². The van der Waals surface area contributed by atoms with Gasteiger partial charge in [0, 0.05) is 49.6 Å². The molecule has 0 unspecified atom stereocenters. The van der Waals surface area contributed by atoms with Crippen LogP contribution in [0.15, 0.2) is 270 Å². The first-order chi connectivity index (χ1) is 34.7. The lowest BCUT2D eigenvalue weighted by Crippen LogP contribution is -2.28. The number of nitrogens with zero attached hydrogens (tertiary/aromatic N) is 1. The molecule has 2 aromatic heterocycles. The van der Waals surface area contributed by atoms with Gasteiger partial charge < -0.3 is 13.7 Å². The van der Waals surface area contributed by atoms with E-state index in [2.05, 4.69) is 248 Å². The number of furan rings is 2. The van der Waals surface area contributed by atoms with Gasteiger partial charge in [0.2, 0.25) is 0 Å². The van der Waals surface area contributed by atoms with Crippen LogP contribution in [-0.2, 0) is 5.41 Å². The van der Waals surface area contributed by atoms with Crippen LogP contribution in [-0.4, -0.2) is 0 Å². The summed E-state index contributed by atoms with van der Waals surface area (Å²) in [7, 11) is 0. The van der Waals surface area contributed by atoms with E-state index in [0.29, 0.717) is 0 Å². The lowest BCUT2D eigenvalue weighted by atomic mass is 9.68. The highest BCUT2D eigenvalue weighted by atomic mass is 16.3. The molecule has 0 spiro atoms. The Morgan fingerprint density at radius 1 is 0.300 bits per heavy atom. The van der Waals surface area contributed by atoms with Crippen LogP contribution in [0.2, 0.25) is 0 Å². The maximum atomic E-state index is 6.61. The Hall–Kier alpha value is -9.18. The maximum Gasteiger partial charge on any atom is 0.143 e. The molecule has 0 amide bonds. The minimum Gasteiger partial charge on any atom is -0.455 e. The summed E-state index contributed by atoms with van der Waals surface area (Å²) in [6.45, 7) is 0. The van der Waals surface area contributed by atoms with E-state index in [9.17, 15) is 0 Å². The van der Waals surface area contributed by atoms with Gasteiger partial charge in [0.1, 0.15) is 22.3 Å². The molecule has 2 heterocycles. The number of rotatable bonds is 8. The predicted octanol–water partition coefficient (Wildman–Crippen LogP) is 18.3. The Bertz CT molecular complexity index is 4070. The fourth-order valence-corrected chi connectivity index (χ4v) is 11.5. The quantitative estimate of drug-likeness (QED) is 0.152. The summed E-state index contributed by atoms with van der Waals surface area (Å²) in [5.74, 6) is 0. The van der Waals surface area contributed by atoms with Crippen molar-refractivity contribution in [2.24, 2.45) is 0 Å². The van der Waals surface area contributed by atoms with Gasteiger partial charge in [0.05, 0.1) is 11.1 Å². The molecule has 14 rings (SSSR count). The van der Waals surface area contributed by atoms with Gasteiger partial charge in [0.25, 0.3) is 0 Å². The van der Waals surface area contributed by atoms with E-state index < -0.39 is 5.41 Å². The summed E-state index contributed by atoms with van der Waals surface area (Å²) < 4.78 is 13.0. The van der Waals surface area contributed by atoms with Crippen LogP contribution in [0.25, 0.3) is 88.4 Å². The van der Waals surface area contributed by atoms with Gasteiger partial charge in [-0.15, -0.1) is 0 Å². The van der Waals surface area contributed by atoms with Gasteiger partial charge in [-0.3, -0.25) is 0 Å². The van der Waals surface area contributed by atoms with Crippen LogP contribution < -0.4 is 4.90 Å². The standard InChI is InChI=1S/C67H43NO2/c1-3-18-48(19-4-1)67(49-20-5-2-6-21-49)59-30-10-7-25-58(59)64-60(67)31-16-32-61(64)68(51-22-13-17-47(43-51)53-27-15-29-57-55-24-9-12-34-63(55)70-66(53)57)50-41-39-45(40-42-50)44-35-37-46(38-36-44)52-26-14-28-56-54-23-8-11-33-62(54)69-65(52)56/h1-43H. The number of para-hydroxylation sites is 4. The monoisotopic (exact) mass is 893 g/mol. The molecular formula is C67H43NO2. The Morgan fingerprint density at radius 3 is 1.41 bits per heavy atom. The van der Waals surface area contributed by atoms with Crippen LogP contribution in [0.5, 0.6) is 0 Å². The highest BCUT2D eigenvalue weighted by Crippen LogP contribution is 2.59. The van der Waals surface area contributed by atoms with Gasteiger partial charge >= 0.3 is 0 Å². The molecule has 0 saturated heterocycles. The number of fused-ring (bicyclic) bond motifs is 9. The molecule has 1 aliphatic rings. The molecule has 0 N–H and O–H groups in total. The Labute approximate surface area is 405 Å². The van der Waals surface area contributed by atoms with Crippen molar-refractivity contribution in [3.8, 4) is 44.5 Å². The van der Waals surface area contributed by atoms with Crippen LogP contribution >= 0.6 is 0 Å². The van der Waals surface area contributed by atoms with Gasteiger partial charge in [-0.25, -0.2) is 0 Å². The second-order valence-corrected chi connectivity index (χ2v) is 18.3. The highest BCUT2D eigenvalue weighted by molar-refractivity contribution is 6.11. The third-order valence-electron chi connectivity index (χ3n) is 14.6. The third kappa shape index (κ3) is 6.08. The SMILES string of the molecule is c1ccc(C2(c3ccccc3)c3ccccc3-c3c(N(c4ccc(-c5ccc(-c6cccc7c6oc6ccccc67)cc5)cc4)c4cccc(-c5cccc6c5oc5ccccc56)c4)cccc32)cc1. The number of hydrogen-bond donors (Lipinski definition) is 0.